The number of likely N-dealkylation sites (tertiary alicyclic amines) is 1. The molecular formula is C23H31N5O. The number of hydrogen-bond acceptors (Lipinski definition) is 5. The first-order valence-electron chi connectivity index (χ1n) is 10.6. The van der Waals surface area contributed by atoms with E-state index < -0.39 is 0 Å². The topological polar surface area (TPSA) is 68.3 Å². The lowest BCUT2D eigenvalue weighted by atomic mass is 10.2. The molecule has 1 aromatic heterocycles. The molecule has 2 heterocycles. The Labute approximate surface area is 172 Å². The van der Waals surface area contributed by atoms with E-state index in [0.29, 0.717) is 18.6 Å². The van der Waals surface area contributed by atoms with Gasteiger partial charge < -0.3 is 20.4 Å². The standard InChI is InChI=1S/C23H31N5O/c1-2-28-22-15-20(9-10-21(22)26-23(28)24)29-14-6-12-25-19-11-13-27(17-19)16-18-7-4-3-5-8-18/h3-5,7-10,15,19,25H,2,6,11-14,16-17H2,1H3,(H2,24,26)/t19-/m1/s1. The lowest BCUT2D eigenvalue weighted by Crippen LogP contribution is -2.33. The fourth-order valence-electron chi connectivity index (χ4n) is 4.10. The zero-order chi connectivity index (χ0) is 20.1. The molecule has 0 saturated carbocycles. The highest BCUT2D eigenvalue weighted by molar-refractivity contribution is 5.79. The van der Waals surface area contributed by atoms with E-state index in [4.69, 9.17) is 10.5 Å². The first-order chi connectivity index (χ1) is 14.2. The van der Waals surface area contributed by atoms with Crippen LogP contribution in [0.2, 0.25) is 0 Å². The van der Waals surface area contributed by atoms with Gasteiger partial charge in [0.1, 0.15) is 5.75 Å². The number of nitrogen functional groups attached to an aromatic ring is 1. The Morgan fingerprint density at radius 3 is 2.90 bits per heavy atom. The van der Waals surface area contributed by atoms with Gasteiger partial charge in [-0.2, -0.15) is 0 Å². The van der Waals surface area contributed by atoms with Crippen LogP contribution < -0.4 is 15.8 Å². The Morgan fingerprint density at radius 1 is 1.21 bits per heavy atom. The van der Waals surface area contributed by atoms with E-state index in [1.54, 1.807) is 0 Å². The monoisotopic (exact) mass is 393 g/mol. The van der Waals surface area contributed by atoms with Crippen LogP contribution in [0.1, 0.15) is 25.3 Å². The summed E-state index contributed by atoms with van der Waals surface area (Å²) in [4.78, 5) is 6.91. The summed E-state index contributed by atoms with van der Waals surface area (Å²) in [5.74, 6) is 1.43. The van der Waals surface area contributed by atoms with Gasteiger partial charge in [-0.05, 0) is 44.0 Å². The molecule has 154 valence electrons. The number of imidazole rings is 1. The van der Waals surface area contributed by atoms with Gasteiger partial charge in [-0.3, -0.25) is 4.90 Å². The summed E-state index contributed by atoms with van der Waals surface area (Å²) >= 11 is 0. The number of nitrogens with zero attached hydrogens (tertiary/aromatic N) is 3. The number of fused-ring (bicyclic) bond motifs is 1. The minimum Gasteiger partial charge on any atom is -0.493 e. The zero-order valence-corrected chi connectivity index (χ0v) is 17.2. The number of ether oxygens (including phenoxy) is 1. The molecule has 1 saturated heterocycles. The molecule has 0 unspecified atom stereocenters. The maximum absolute atomic E-state index is 5.97. The molecule has 3 aromatic rings. The summed E-state index contributed by atoms with van der Waals surface area (Å²) in [7, 11) is 0. The number of nitrogens with two attached hydrogens (primary N) is 1. The van der Waals surface area contributed by atoms with Crippen LogP contribution in [0.15, 0.2) is 48.5 Å². The molecular weight excluding hydrogens is 362 g/mol. The quantitative estimate of drug-likeness (QED) is 0.546. The predicted octanol–water partition coefficient (Wildman–Crippen LogP) is 3.27. The highest BCUT2D eigenvalue weighted by Gasteiger charge is 2.21. The van der Waals surface area contributed by atoms with Crippen molar-refractivity contribution in [2.45, 2.75) is 38.9 Å². The Kier molecular flexibility index (Phi) is 6.32. The maximum Gasteiger partial charge on any atom is 0.201 e. The molecule has 6 nitrogen and oxygen atoms in total. The fraction of sp³-hybridized carbons (Fsp3) is 0.435. The van der Waals surface area contributed by atoms with Gasteiger partial charge in [0.2, 0.25) is 5.95 Å². The van der Waals surface area contributed by atoms with Gasteiger partial charge in [-0.25, -0.2) is 4.98 Å². The Hall–Kier alpha value is -2.57. The average molecular weight is 394 g/mol. The van der Waals surface area contributed by atoms with Crippen molar-refractivity contribution in [1.29, 1.82) is 0 Å². The van der Waals surface area contributed by atoms with Gasteiger partial charge in [-0.15, -0.1) is 0 Å². The van der Waals surface area contributed by atoms with E-state index in [1.165, 1.54) is 12.0 Å². The van der Waals surface area contributed by atoms with Gasteiger partial charge in [-0.1, -0.05) is 30.3 Å². The highest BCUT2D eigenvalue weighted by atomic mass is 16.5. The normalized spacial score (nSPS) is 17.2. The number of anilines is 1. The minimum absolute atomic E-state index is 0.557. The third-order valence-electron chi connectivity index (χ3n) is 5.61. The second kappa shape index (κ2) is 9.29. The van der Waals surface area contributed by atoms with Crippen molar-refractivity contribution in [2.24, 2.45) is 0 Å². The lowest BCUT2D eigenvalue weighted by molar-refractivity contribution is 0.299. The first kappa shape index (κ1) is 19.7. The van der Waals surface area contributed by atoms with E-state index in [9.17, 15) is 0 Å². The first-order valence-corrected chi connectivity index (χ1v) is 10.6. The summed E-state index contributed by atoms with van der Waals surface area (Å²) < 4.78 is 7.96. The second-order valence-electron chi connectivity index (χ2n) is 7.73. The van der Waals surface area contributed by atoms with Crippen molar-refractivity contribution in [3.63, 3.8) is 0 Å². The van der Waals surface area contributed by atoms with Crippen molar-refractivity contribution < 1.29 is 4.74 Å². The Balaban J connectivity index is 1.17. The van der Waals surface area contributed by atoms with Crippen molar-refractivity contribution in [2.75, 3.05) is 32.0 Å². The highest BCUT2D eigenvalue weighted by Crippen LogP contribution is 2.23. The van der Waals surface area contributed by atoms with Crippen molar-refractivity contribution in [1.82, 2.24) is 19.8 Å². The van der Waals surface area contributed by atoms with Crippen LogP contribution in [0.25, 0.3) is 11.0 Å². The number of benzene rings is 2. The largest absolute Gasteiger partial charge is 0.493 e. The zero-order valence-electron chi connectivity index (χ0n) is 17.2. The van der Waals surface area contributed by atoms with E-state index in [0.717, 1.165) is 55.9 Å². The molecule has 0 bridgehead atoms. The summed E-state index contributed by atoms with van der Waals surface area (Å²) in [6.45, 7) is 7.88. The van der Waals surface area contributed by atoms with Crippen molar-refractivity contribution in [3.05, 3.63) is 54.1 Å². The van der Waals surface area contributed by atoms with E-state index in [1.807, 2.05) is 22.8 Å². The summed E-state index contributed by atoms with van der Waals surface area (Å²) in [5, 5.41) is 3.68. The van der Waals surface area contributed by atoms with Gasteiger partial charge in [0.25, 0.3) is 0 Å². The summed E-state index contributed by atoms with van der Waals surface area (Å²) in [6, 6.07) is 17.3. The maximum atomic E-state index is 5.97. The molecule has 0 radical (unpaired) electrons. The van der Waals surface area contributed by atoms with Crippen LogP contribution in [0, 0.1) is 0 Å². The van der Waals surface area contributed by atoms with Crippen molar-refractivity contribution >= 4 is 17.0 Å². The molecule has 1 fully saturated rings. The predicted molar refractivity (Wildman–Crippen MR) is 118 cm³/mol. The lowest BCUT2D eigenvalue weighted by Gasteiger charge is -2.17. The van der Waals surface area contributed by atoms with E-state index >= 15 is 0 Å². The van der Waals surface area contributed by atoms with E-state index in [-0.39, 0.29) is 0 Å². The smallest absolute Gasteiger partial charge is 0.201 e. The SMILES string of the molecule is CCn1c(N)nc2ccc(OCCCN[C@@H]3CCN(Cc4ccccc4)C3)cc21. The molecule has 0 aliphatic carbocycles. The molecule has 0 amide bonds. The Morgan fingerprint density at radius 2 is 2.07 bits per heavy atom. The molecule has 4 rings (SSSR count). The van der Waals surface area contributed by atoms with Crippen LogP contribution in [-0.4, -0.2) is 46.7 Å². The fourth-order valence-corrected chi connectivity index (χ4v) is 4.10. The molecule has 2 aromatic carbocycles. The van der Waals surface area contributed by atoms with Gasteiger partial charge in [0.15, 0.2) is 0 Å². The van der Waals surface area contributed by atoms with Crippen LogP contribution in [0.3, 0.4) is 0 Å². The number of aromatic nitrogens is 2. The third-order valence-corrected chi connectivity index (χ3v) is 5.61. The van der Waals surface area contributed by atoms with Crippen LogP contribution in [0.5, 0.6) is 5.75 Å². The van der Waals surface area contributed by atoms with Crippen molar-refractivity contribution in [3.8, 4) is 5.75 Å². The molecule has 3 N–H and O–H groups in total. The van der Waals surface area contributed by atoms with Gasteiger partial charge in [0, 0.05) is 38.3 Å². The van der Waals surface area contributed by atoms with Crippen LogP contribution >= 0.6 is 0 Å². The van der Waals surface area contributed by atoms with Gasteiger partial charge >= 0.3 is 0 Å². The number of hydrogen-bond donors (Lipinski definition) is 2. The van der Waals surface area contributed by atoms with E-state index in [2.05, 4.69) is 52.5 Å². The molecule has 29 heavy (non-hydrogen) atoms. The number of nitrogens with one attached hydrogen (secondary N) is 1. The van der Waals surface area contributed by atoms with Crippen LogP contribution in [-0.2, 0) is 13.1 Å². The third kappa shape index (κ3) is 4.89. The molecule has 1 atom stereocenters. The number of rotatable bonds is 9. The molecule has 1 aliphatic rings. The Bertz CT molecular complexity index is 924. The average Bonchev–Trinajstić information content (AvgIpc) is 3.31. The molecule has 6 heteroatoms. The molecule has 0 spiro atoms. The molecule has 1 aliphatic heterocycles. The number of aryl methyl sites for hydroxylation is 1. The van der Waals surface area contributed by atoms with Gasteiger partial charge in [0.05, 0.1) is 17.6 Å². The van der Waals surface area contributed by atoms with Crippen LogP contribution in [0.4, 0.5) is 5.95 Å². The summed E-state index contributed by atoms with van der Waals surface area (Å²) in [5.41, 5.74) is 9.31. The summed E-state index contributed by atoms with van der Waals surface area (Å²) in [6.07, 6.45) is 2.20. The minimum atomic E-state index is 0.557. The second-order valence-corrected chi connectivity index (χ2v) is 7.73.